The molecule has 15 nitrogen and oxygen atoms in total. The average Bonchev–Trinajstić information content (AvgIpc) is 3.66. The van der Waals surface area contributed by atoms with E-state index in [4.69, 9.17) is 4.74 Å². The SMILES string of the molecule is C=C1CCC(N2Cc3c(NC(=O)CCCCNC(=O)CCCC(=O)Nc4cccc([C@@H](CCc5ccc(C)c(C)c5)OC(=O)[C@@H]5CCCCN5C(=O)C(=O)C(C)(C)CC)c4)cccc3C2=O)C(=O)N1. The Bertz CT molecular complexity index is 2460. The lowest BCUT2D eigenvalue weighted by atomic mass is 9.84. The van der Waals surface area contributed by atoms with Crippen LogP contribution >= 0.6 is 0 Å². The van der Waals surface area contributed by atoms with Crippen molar-refractivity contribution in [3.8, 4) is 0 Å². The predicted molar refractivity (Wildman–Crippen MR) is 263 cm³/mol. The van der Waals surface area contributed by atoms with Crippen LogP contribution in [0, 0.1) is 19.3 Å². The summed E-state index contributed by atoms with van der Waals surface area (Å²) in [6.07, 6.45) is 5.54. The first kappa shape index (κ1) is 51.7. The highest BCUT2D eigenvalue weighted by Gasteiger charge is 2.42. The monoisotopic (exact) mass is 945 g/mol. The van der Waals surface area contributed by atoms with Gasteiger partial charge in [0.1, 0.15) is 18.2 Å². The molecule has 0 aromatic heterocycles. The third-order valence-electron chi connectivity index (χ3n) is 13.7. The molecule has 15 heteroatoms. The molecule has 0 saturated carbocycles. The highest BCUT2D eigenvalue weighted by molar-refractivity contribution is 6.38. The standard InChI is InChI=1S/C54H68N6O9/c1-7-54(5,6)49(64)52(67)59-30-11-9-19-44(59)53(68)69-45(28-26-37-25-23-34(2)35(3)31-37)38-15-12-16-39(32-38)57-47(62)22-14-21-46(61)55-29-10-8-20-48(63)58-42-18-13-17-40-41(42)33-60(51(40)66)43-27-24-36(4)56-50(43)65/h12-13,15-18,23,25,31-32,43-45H,4,7-11,14,19-22,24,26-30,33H2,1-3,5-6H3,(H,55,61)(H,56,65)(H,57,62)(H,58,63)/t43?,44-,45+/m0/s1. The summed E-state index contributed by atoms with van der Waals surface area (Å²) in [5, 5.41) is 11.4. The van der Waals surface area contributed by atoms with Gasteiger partial charge in [-0.15, -0.1) is 0 Å². The Morgan fingerprint density at radius 1 is 0.855 bits per heavy atom. The Hall–Kier alpha value is -6.64. The number of nitrogens with one attached hydrogen (secondary N) is 4. The molecule has 0 aliphatic carbocycles. The molecule has 2 fully saturated rings. The summed E-state index contributed by atoms with van der Waals surface area (Å²) in [7, 11) is 0. The molecule has 69 heavy (non-hydrogen) atoms. The molecule has 0 bridgehead atoms. The van der Waals surface area contributed by atoms with E-state index in [0.29, 0.717) is 111 Å². The molecule has 368 valence electrons. The zero-order valence-electron chi connectivity index (χ0n) is 40.8. The second-order valence-corrected chi connectivity index (χ2v) is 19.3. The molecule has 4 N–H and O–H groups in total. The highest BCUT2D eigenvalue weighted by atomic mass is 16.5. The van der Waals surface area contributed by atoms with Crippen molar-refractivity contribution in [2.75, 3.05) is 23.7 Å². The van der Waals surface area contributed by atoms with Crippen LogP contribution in [0.4, 0.5) is 11.4 Å². The second kappa shape index (κ2) is 23.6. The molecule has 6 rings (SSSR count). The van der Waals surface area contributed by atoms with Gasteiger partial charge in [-0.2, -0.15) is 0 Å². The number of unbranched alkanes of at least 4 members (excludes halogenated alkanes) is 1. The number of esters is 1. The lowest BCUT2D eigenvalue weighted by Gasteiger charge is -2.36. The number of allylic oxidation sites excluding steroid dienone is 1. The molecule has 1 unspecified atom stereocenters. The van der Waals surface area contributed by atoms with Crippen molar-refractivity contribution < 1.29 is 43.1 Å². The van der Waals surface area contributed by atoms with Crippen molar-refractivity contribution in [3.63, 3.8) is 0 Å². The number of nitrogens with zero attached hydrogens (tertiary/aromatic N) is 2. The number of fused-ring (bicyclic) bond motifs is 1. The first-order chi connectivity index (χ1) is 32.9. The van der Waals surface area contributed by atoms with Crippen LogP contribution in [0.5, 0.6) is 0 Å². The van der Waals surface area contributed by atoms with Crippen LogP contribution in [0.1, 0.15) is 149 Å². The van der Waals surface area contributed by atoms with Crippen LogP contribution in [0.2, 0.25) is 0 Å². The first-order valence-corrected chi connectivity index (χ1v) is 24.5. The van der Waals surface area contributed by atoms with Crippen LogP contribution in [0.3, 0.4) is 0 Å². The van der Waals surface area contributed by atoms with Gasteiger partial charge >= 0.3 is 5.97 Å². The second-order valence-electron chi connectivity index (χ2n) is 19.3. The fraction of sp³-hybridized carbons (Fsp3) is 0.481. The number of hydrogen-bond donors (Lipinski definition) is 4. The minimum atomic E-state index is -0.885. The summed E-state index contributed by atoms with van der Waals surface area (Å²) in [6.45, 7) is 14.1. The summed E-state index contributed by atoms with van der Waals surface area (Å²) in [6, 6.07) is 17.1. The molecule has 3 heterocycles. The van der Waals surface area contributed by atoms with Gasteiger partial charge in [-0.1, -0.05) is 63.7 Å². The number of likely N-dealkylation sites (tertiary alicyclic amines) is 1. The smallest absolute Gasteiger partial charge is 0.329 e. The molecule has 2 saturated heterocycles. The lowest BCUT2D eigenvalue weighted by Crippen LogP contribution is -2.53. The van der Waals surface area contributed by atoms with E-state index in [0.717, 1.165) is 17.5 Å². The third-order valence-corrected chi connectivity index (χ3v) is 13.7. The van der Waals surface area contributed by atoms with E-state index < -0.39 is 41.3 Å². The molecule has 3 aromatic rings. The average molecular weight is 945 g/mol. The molecular formula is C54H68N6O9. The maximum Gasteiger partial charge on any atom is 0.329 e. The van der Waals surface area contributed by atoms with Crippen molar-refractivity contribution in [3.05, 3.63) is 106 Å². The number of anilines is 2. The Kier molecular flexibility index (Phi) is 17.7. The van der Waals surface area contributed by atoms with Crippen molar-refractivity contribution in [2.45, 2.75) is 149 Å². The normalized spacial score (nSPS) is 17.4. The number of carbonyl (C=O) groups is 8. The predicted octanol–water partition coefficient (Wildman–Crippen LogP) is 7.69. The van der Waals surface area contributed by atoms with Gasteiger partial charge in [-0.05, 0) is 131 Å². The zero-order chi connectivity index (χ0) is 49.8. The minimum absolute atomic E-state index is 0.0955. The van der Waals surface area contributed by atoms with E-state index in [9.17, 15) is 38.4 Å². The van der Waals surface area contributed by atoms with Gasteiger partial charge in [0.05, 0.1) is 0 Å². The Balaban J connectivity index is 0.954. The number of piperidine rings is 2. The van der Waals surface area contributed by atoms with E-state index >= 15 is 0 Å². The summed E-state index contributed by atoms with van der Waals surface area (Å²) in [4.78, 5) is 108. The summed E-state index contributed by atoms with van der Waals surface area (Å²) >= 11 is 0. The zero-order valence-corrected chi connectivity index (χ0v) is 40.8. The van der Waals surface area contributed by atoms with Gasteiger partial charge in [0.2, 0.25) is 29.4 Å². The number of carbonyl (C=O) groups excluding carboxylic acids is 8. The fourth-order valence-corrected chi connectivity index (χ4v) is 8.94. The van der Waals surface area contributed by atoms with Crippen LogP contribution in [0.25, 0.3) is 0 Å². The van der Waals surface area contributed by atoms with Crippen LogP contribution in [-0.4, -0.2) is 82.2 Å². The number of rotatable bonds is 21. The van der Waals surface area contributed by atoms with Crippen molar-refractivity contribution >= 4 is 58.6 Å². The Labute approximate surface area is 405 Å². The van der Waals surface area contributed by atoms with Gasteiger partial charge in [0, 0.05) is 72.5 Å². The first-order valence-electron chi connectivity index (χ1n) is 24.5. The van der Waals surface area contributed by atoms with E-state index in [1.54, 1.807) is 55.1 Å². The third kappa shape index (κ3) is 13.5. The van der Waals surface area contributed by atoms with Crippen molar-refractivity contribution in [1.82, 2.24) is 20.4 Å². The Morgan fingerprint density at radius 3 is 2.35 bits per heavy atom. The van der Waals surface area contributed by atoms with Gasteiger partial charge in [-0.3, -0.25) is 33.6 Å². The molecular weight excluding hydrogens is 877 g/mol. The van der Waals surface area contributed by atoms with E-state index in [2.05, 4.69) is 53.0 Å². The largest absolute Gasteiger partial charge is 0.456 e. The van der Waals surface area contributed by atoms with E-state index in [-0.39, 0.29) is 55.3 Å². The molecule has 3 atom stereocenters. The molecule has 6 amide bonds. The molecule has 3 aliphatic heterocycles. The van der Waals surface area contributed by atoms with E-state index in [1.165, 1.54) is 10.5 Å². The maximum absolute atomic E-state index is 14.0. The summed E-state index contributed by atoms with van der Waals surface area (Å²) in [5.74, 6) is -2.94. The Morgan fingerprint density at radius 2 is 1.59 bits per heavy atom. The lowest BCUT2D eigenvalue weighted by molar-refractivity contribution is -0.164. The van der Waals surface area contributed by atoms with Gasteiger partial charge in [-0.25, -0.2) is 4.79 Å². The maximum atomic E-state index is 14.0. The minimum Gasteiger partial charge on any atom is -0.456 e. The number of aryl methyl sites for hydroxylation is 3. The van der Waals surface area contributed by atoms with Crippen LogP contribution in [-0.2, 0) is 51.3 Å². The number of ketones is 1. The molecule has 0 radical (unpaired) electrons. The number of ether oxygens (including phenoxy) is 1. The molecule has 3 aliphatic rings. The number of Topliss-reactive ketones (excluding diaryl/α,β-unsaturated/α-hetero) is 1. The number of hydrogen-bond acceptors (Lipinski definition) is 9. The molecule has 0 spiro atoms. The fourth-order valence-electron chi connectivity index (χ4n) is 8.94. The van der Waals surface area contributed by atoms with Crippen molar-refractivity contribution in [1.29, 1.82) is 0 Å². The molecule has 3 aromatic carbocycles. The number of amides is 6. The van der Waals surface area contributed by atoms with E-state index in [1.807, 2.05) is 19.9 Å². The summed E-state index contributed by atoms with van der Waals surface area (Å²) < 4.78 is 6.26. The topological polar surface area (TPSA) is 200 Å². The van der Waals surface area contributed by atoms with Gasteiger partial charge in [0.15, 0.2) is 0 Å². The quantitative estimate of drug-likeness (QED) is 0.0470. The number of benzene rings is 3. The van der Waals surface area contributed by atoms with Crippen LogP contribution < -0.4 is 21.3 Å². The van der Waals surface area contributed by atoms with Gasteiger partial charge in [0.25, 0.3) is 11.8 Å². The van der Waals surface area contributed by atoms with Gasteiger partial charge < -0.3 is 35.8 Å². The summed E-state index contributed by atoms with van der Waals surface area (Å²) in [5.41, 5.74) is 6.05. The van der Waals surface area contributed by atoms with Crippen LogP contribution in [0.15, 0.2) is 72.9 Å². The van der Waals surface area contributed by atoms with Crippen molar-refractivity contribution in [2.24, 2.45) is 5.41 Å². The highest BCUT2D eigenvalue weighted by Crippen LogP contribution is 2.34.